The summed E-state index contributed by atoms with van der Waals surface area (Å²) in [6.45, 7) is 4.13. The van der Waals surface area contributed by atoms with Crippen molar-refractivity contribution in [2.24, 2.45) is 11.3 Å². The molecule has 6 nitrogen and oxygen atoms in total. The summed E-state index contributed by atoms with van der Waals surface area (Å²) in [5.41, 5.74) is 12.7. The average Bonchev–Trinajstić information content (AvgIpc) is 3.69. The van der Waals surface area contributed by atoms with Gasteiger partial charge in [0.25, 0.3) is 0 Å². The number of pyridine rings is 1. The molecule has 0 saturated heterocycles. The molecule has 1 aromatic heterocycles. The number of aromatic carboxylic acids is 1. The first-order valence-corrected chi connectivity index (χ1v) is 25.0. The molecule has 3 aliphatic rings. The van der Waals surface area contributed by atoms with Crippen LogP contribution in [0.5, 0.6) is 5.75 Å². The molecule has 1 N–H and O–H groups in total. The van der Waals surface area contributed by atoms with Crippen molar-refractivity contribution < 1.29 is 14.6 Å². The molecule has 0 spiro atoms. The van der Waals surface area contributed by atoms with Gasteiger partial charge in [0.15, 0.2) is 11.4 Å². The lowest BCUT2D eigenvalue weighted by Crippen LogP contribution is -2.18. The number of carboxylic acids is 1. The first kappa shape index (κ1) is 45.7. The topological polar surface area (TPSA) is 107 Å². The summed E-state index contributed by atoms with van der Waals surface area (Å²) in [6, 6.07) is 47.6. The SMILES string of the molecule is CSC(=S)SC(C#N)CC(CC(CC(C)(C)C#N)c1ccc(COc2cccnc2C(=O)O)cc1)c1ccc(-c2ccc3cc(C4=CC=C5c6ccccc6C6C=CC=C4C56)ccc3c2)cc1. The van der Waals surface area contributed by atoms with Crippen LogP contribution in [0.1, 0.15) is 94.7 Å². The first-order chi connectivity index (χ1) is 32.5. The van der Waals surface area contributed by atoms with Crippen LogP contribution in [0.25, 0.3) is 33.0 Å². The maximum absolute atomic E-state index is 11.7. The minimum Gasteiger partial charge on any atom is -0.486 e. The Balaban J connectivity index is 0.967. The molecule has 3 aliphatic carbocycles. The van der Waals surface area contributed by atoms with Gasteiger partial charge in [-0.2, -0.15) is 10.5 Å². The van der Waals surface area contributed by atoms with Gasteiger partial charge < -0.3 is 9.84 Å². The van der Waals surface area contributed by atoms with Crippen LogP contribution in [0, 0.1) is 34.0 Å². The minimum absolute atomic E-state index is 0.00217. The molecule has 0 fully saturated rings. The molecule has 5 aromatic carbocycles. The Morgan fingerprint density at radius 1 is 0.821 bits per heavy atom. The second kappa shape index (κ2) is 19.8. The lowest BCUT2D eigenvalue weighted by atomic mass is 9.73. The number of hydrogen-bond donors (Lipinski definition) is 1. The highest BCUT2D eigenvalue weighted by atomic mass is 32.2. The standard InChI is InChI=1S/C58H49N3O3S3/c1-58(2,35-60)32-45(39-15-13-36(14-16-39)34-64-53-12-7-27-61-55(53)56(62)63)30-44(31-46(33-59)67-57(65)66-3)38-19-17-37(18-20-38)40-21-22-42-29-43(24-23-41(42)28-40)47-25-26-52-49-9-5-4-8-48(49)51-11-6-10-50(47)54(51)52/h4-29,44-46,51,54H,30-32,34H2,1-3H3,(H,62,63). The lowest BCUT2D eigenvalue weighted by molar-refractivity contribution is 0.0684. The monoisotopic (exact) mass is 931 g/mol. The van der Waals surface area contributed by atoms with Crippen molar-refractivity contribution in [1.29, 1.82) is 10.5 Å². The molecule has 0 bridgehead atoms. The molecule has 5 unspecified atom stereocenters. The number of carboxylic acid groups (broad SMARTS) is 1. The quantitative estimate of drug-likeness (QED) is 0.101. The molecule has 9 heteroatoms. The van der Waals surface area contributed by atoms with Crippen LogP contribution in [0.15, 0.2) is 163 Å². The Kier molecular flexibility index (Phi) is 13.5. The number of nitriles is 2. The number of benzene rings is 5. The summed E-state index contributed by atoms with van der Waals surface area (Å²) in [4.78, 5) is 15.6. The molecule has 0 amide bonds. The van der Waals surface area contributed by atoms with E-state index in [2.05, 4.69) is 145 Å². The van der Waals surface area contributed by atoms with Crippen LogP contribution < -0.4 is 4.74 Å². The highest BCUT2D eigenvalue weighted by Crippen LogP contribution is 2.56. The largest absolute Gasteiger partial charge is 0.486 e. The number of carbonyl (C=O) groups is 1. The average molecular weight is 932 g/mol. The van der Waals surface area contributed by atoms with E-state index in [0.29, 0.717) is 24.7 Å². The molecule has 6 aromatic rings. The van der Waals surface area contributed by atoms with E-state index in [1.54, 1.807) is 12.1 Å². The van der Waals surface area contributed by atoms with Gasteiger partial charge in [-0.25, -0.2) is 9.78 Å². The second-order valence-corrected chi connectivity index (χ2v) is 21.4. The third-order valence-electron chi connectivity index (χ3n) is 13.4. The first-order valence-electron chi connectivity index (χ1n) is 22.5. The van der Waals surface area contributed by atoms with Crippen molar-refractivity contribution in [2.45, 2.75) is 62.7 Å². The fourth-order valence-corrected chi connectivity index (χ4v) is 11.7. The minimum atomic E-state index is -1.15. The highest BCUT2D eigenvalue weighted by Gasteiger charge is 2.40. The van der Waals surface area contributed by atoms with E-state index in [4.69, 9.17) is 17.0 Å². The van der Waals surface area contributed by atoms with E-state index in [1.165, 1.54) is 73.9 Å². The van der Waals surface area contributed by atoms with Gasteiger partial charge in [0, 0.05) is 18.0 Å². The third-order valence-corrected chi connectivity index (χ3v) is 16.0. The molecular formula is C58H49N3O3S3. The second-order valence-electron chi connectivity index (χ2n) is 18.1. The van der Waals surface area contributed by atoms with Gasteiger partial charge in [0.05, 0.1) is 22.8 Å². The van der Waals surface area contributed by atoms with Gasteiger partial charge >= 0.3 is 5.97 Å². The van der Waals surface area contributed by atoms with E-state index in [-0.39, 0.29) is 35.1 Å². The Bertz CT molecular complexity index is 3100. The fraction of sp³-hybridized carbons (Fsp3) is 0.224. The summed E-state index contributed by atoms with van der Waals surface area (Å²) >= 11 is 8.51. The molecule has 1 heterocycles. The van der Waals surface area contributed by atoms with E-state index in [9.17, 15) is 20.4 Å². The molecule has 67 heavy (non-hydrogen) atoms. The molecule has 0 saturated carbocycles. The fourth-order valence-electron chi connectivity index (χ4n) is 10.0. The van der Waals surface area contributed by atoms with Gasteiger partial charge in [-0.15, -0.1) is 11.8 Å². The highest BCUT2D eigenvalue weighted by molar-refractivity contribution is 8.47. The van der Waals surface area contributed by atoms with Crippen molar-refractivity contribution in [3.63, 3.8) is 0 Å². The van der Waals surface area contributed by atoms with Gasteiger partial charge in [0.2, 0.25) is 0 Å². The van der Waals surface area contributed by atoms with E-state index >= 15 is 0 Å². The number of thiocarbonyl (C=S) groups is 1. The number of fused-ring (bicyclic) bond motifs is 4. The lowest BCUT2D eigenvalue weighted by Gasteiger charge is -2.30. The van der Waals surface area contributed by atoms with Crippen LogP contribution in [-0.4, -0.2) is 31.1 Å². The van der Waals surface area contributed by atoms with Crippen LogP contribution in [0.4, 0.5) is 0 Å². The van der Waals surface area contributed by atoms with Gasteiger partial charge in [0.1, 0.15) is 10.1 Å². The Hall–Kier alpha value is -6.49. The predicted octanol–water partition coefficient (Wildman–Crippen LogP) is 14.7. The van der Waals surface area contributed by atoms with E-state index in [1.807, 2.05) is 32.2 Å². The number of hydrogen-bond acceptors (Lipinski definition) is 8. The molecule has 0 aliphatic heterocycles. The molecule has 0 radical (unpaired) electrons. The van der Waals surface area contributed by atoms with Crippen LogP contribution in [0.2, 0.25) is 0 Å². The van der Waals surface area contributed by atoms with Crippen molar-refractivity contribution in [2.75, 3.05) is 6.26 Å². The maximum atomic E-state index is 11.7. The van der Waals surface area contributed by atoms with E-state index in [0.717, 1.165) is 37.8 Å². The summed E-state index contributed by atoms with van der Waals surface area (Å²) in [5.74, 6) is -0.217. The van der Waals surface area contributed by atoms with Crippen molar-refractivity contribution in [1.82, 2.24) is 4.98 Å². The number of allylic oxidation sites excluding steroid dienone is 8. The zero-order valence-corrected chi connectivity index (χ0v) is 40.0. The third kappa shape index (κ3) is 9.83. The number of thioether (sulfide) groups is 2. The van der Waals surface area contributed by atoms with Gasteiger partial charge in [-0.05, 0) is 147 Å². The Morgan fingerprint density at radius 3 is 2.25 bits per heavy atom. The molecule has 332 valence electrons. The Labute approximate surface area is 406 Å². The normalized spacial score (nSPS) is 17.1. The Morgan fingerprint density at radius 2 is 1.52 bits per heavy atom. The van der Waals surface area contributed by atoms with Crippen molar-refractivity contribution in [3.05, 3.63) is 203 Å². The molecular weight excluding hydrogens is 883 g/mol. The smallest absolute Gasteiger partial charge is 0.358 e. The zero-order chi connectivity index (χ0) is 46.7. The van der Waals surface area contributed by atoms with Crippen molar-refractivity contribution in [3.8, 4) is 29.0 Å². The summed E-state index contributed by atoms with van der Waals surface area (Å²) in [7, 11) is 0. The van der Waals surface area contributed by atoms with Crippen molar-refractivity contribution >= 4 is 67.2 Å². The van der Waals surface area contributed by atoms with E-state index < -0.39 is 11.4 Å². The van der Waals surface area contributed by atoms with Crippen LogP contribution >= 0.6 is 35.7 Å². The number of rotatable bonds is 15. The summed E-state index contributed by atoms with van der Waals surface area (Å²) < 4.78 is 6.63. The predicted molar refractivity (Wildman–Crippen MR) is 279 cm³/mol. The molecule has 5 atom stereocenters. The van der Waals surface area contributed by atoms with Crippen LogP contribution in [0.3, 0.4) is 0 Å². The number of nitrogens with zero attached hydrogens (tertiary/aromatic N) is 3. The number of aromatic nitrogens is 1. The zero-order valence-electron chi connectivity index (χ0n) is 37.6. The maximum Gasteiger partial charge on any atom is 0.358 e. The van der Waals surface area contributed by atoms with Gasteiger partial charge in [-0.1, -0.05) is 151 Å². The molecule has 9 rings (SSSR count). The summed E-state index contributed by atoms with van der Waals surface area (Å²) in [5, 5.41) is 32.2. The van der Waals surface area contributed by atoms with Crippen LogP contribution in [-0.2, 0) is 6.61 Å². The summed E-state index contributed by atoms with van der Waals surface area (Å²) in [6.07, 6.45) is 16.8. The number of ether oxygens (including phenoxy) is 1. The van der Waals surface area contributed by atoms with Gasteiger partial charge in [-0.3, -0.25) is 0 Å².